The Morgan fingerprint density at radius 3 is 2.42 bits per heavy atom. The number of nitrogens with one attached hydrogen (secondary N) is 2. The molecule has 1 aliphatic heterocycles. The summed E-state index contributed by atoms with van der Waals surface area (Å²) < 4.78 is 5.37. The van der Waals surface area contributed by atoms with Crippen molar-refractivity contribution in [2.24, 2.45) is 0 Å². The number of thioether (sulfide) groups is 1. The van der Waals surface area contributed by atoms with Gasteiger partial charge in [-0.1, -0.05) is 66.7 Å². The zero-order chi connectivity index (χ0) is 31.8. The minimum atomic E-state index is -0.669. The molecule has 3 amide bonds. The van der Waals surface area contributed by atoms with E-state index in [1.54, 1.807) is 24.0 Å². The van der Waals surface area contributed by atoms with Crippen LogP contribution in [0.4, 0.5) is 10.7 Å². The molecule has 230 valence electrons. The fraction of sp³-hybridized carbons (Fsp3) is 0.200. The van der Waals surface area contributed by atoms with Gasteiger partial charge in [0.1, 0.15) is 10.3 Å². The van der Waals surface area contributed by atoms with Crippen LogP contribution in [0.25, 0.3) is 6.08 Å². The molecule has 0 aliphatic carbocycles. The molecule has 1 atom stereocenters. The maximum Gasteiger partial charge on any atom is 0.341 e. The molecule has 2 N–H and O–H groups in total. The van der Waals surface area contributed by atoms with Crippen LogP contribution < -0.4 is 10.6 Å². The Bertz CT molecular complexity index is 1720. The number of hydrogen-bond donors (Lipinski definition) is 2. The fourth-order valence-corrected chi connectivity index (χ4v) is 7.30. The lowest BCUT2D eigenvalue weighted by molar-refractivity contribution is -0.129. The molecule has 8 nitrogen and oxygen atoms in total. The van der Waals surface area contributed by atoms with Gasteiger partial charge in [-0.15, -0.1) is 23.1 Å². The maximum atomic E-state index is 14.0. The van der Waals surface area contributed by atoms with Gasteiger partial charge < -0.3 is 20.3 Å². The normalized spacial score (nSPS) is 13.2. The van der Waals surface area contributed by atoms with E-state index in [2.05, 4.69) is 10.6 Å². The Labute approximate surface area is 270 Å². The molecular formula is C35H33N3O5S2. The molecule has 5 rings (SSSR count). The zero-order valence-corrected chi connectivity index (χ0v) is 26.6. The second-order valence-corrected chi connectivity index (χ2v) is 12.6. The minimum absolute atomic E-state index is 0.0384. The molecule has 4 aromatic rings. The van der Waals surface area contributed by atoms with Crippen molar-refractivity contribution in [1.29, 1.82) is 0 Å². The van der Waals surface area contributed by atoms with Gasteiger partial charge in [0.2, 0.25) is 17.7 Å². The predicted octanol–water partition coefficient (Wildman–Crippen LogP) is 6.95. The molecule has 0 fully saturated rings. The van der Waals surface area contributed by atoms with Crippen LogP contribution in [-0.4, -0.2) is 41.7 Å². The summed E-state index contributed by atoms with van der Waals surface area (Å²) in [6, 6.07) is 26.3. The van der Waals surface area contributed by atoms with Gasteiger partial charge in [0.05, 0.1) is 18.7 Å². The number of anilines is 2. The van der Waals surface area contributed by atoms with E-state index in [0.717, 1.165) is 26.5 Å². The number of amides is 3. The van der Waals surface area contributed by atoms with Crippen LogP contribution >= 0.6 is 23.1 Å². The van der Waals surface area contributed by atoms with E-state index >= 15 is 0 Å². The van der Waals surface area contributed by atoms with Crippen molar-refractivity contribution in [2.45, 2.75) is 37.0 Å². The molecule has 2 heterocycles. The highest BCUT2D eigenvalue weighted by Gasteiger charge is 2.32. The van der Waals surface area contributed by atoms with Crippen molar-refractivity contribution >= 4 is 63.6 Å². The first-order valence-corrected chi connectivity index (χ1v) is 16.3. The first-order chi connectivity index (χ1) is 21.8. The number of carbonyl (C=O) groups is 4. The highest BCUT2D eigenvalue weighted by Crippen LogP contribution is 2.41. The number of carbonyl (C=O) groups excluding carboxylic acids is 4. The molecule has 45 heavy (non-hydrogen) atoms. The first kappa shape index (κ1) is 31.7. The summed E-state index contributed by atoms with van der Waals surface area (Å²) in [7, 11) is 0. The second kappa shape index (κ2) is 14.9. The number of esters is 1. The van der Waals surface area contributed by atoms with Crippen LogP contribution in [0, 0.1) is 0 Å². The van der Waals surface area contributed by atoms with Crippen LogP contribution in [0.3, 0.4) is 0 Å². The molecular weight excluding hydrogens is 607 g/mol. The van der Waals surface area contributed by atoms with Crippen LogP contribution in [0.2, 0.25) is 0 Å². The smallest absolute Gasteiger partial charge is 0.341 e. The third-order valence-electron chi connectivity index (χ3n) is 7.14. The van der Waals surface area contributed by atoms with Gasteiger partial charge in [-0.05, 0) is 54.3 Å². The highest BCUT2D eigenvalue weighted by atomic mass is 32.2. The number of hydrogen-bond acceptors (Lipinski definition) is 7. The number of thiophene rings is 1. The monoisotopic (exact) mass is 639 g/mol. The molecule has 1 unspecified atom stereocenters. The molecule has 1 aliphatic rings. The second-order valence-electron chi connectivity index (χ2n) is 10.3. The lowest BCUT2D eigenvalue weighted by atomic mass is 10.0. The van der Waals surface area contributed by atoms with Gasteiger partial charge in [0.15, 0.2) is 0 Å². The molecule has 1 aromatic heterocycles. The molecule has 0 spiro atoms. The van der Waals surface area contributed by atoms with Gasteiger partial charge in [-0.3, -0.25) is 14.4 Å². The van der Waals surface area contributed by atoms with Crippen molar-refractivity contribution in [3.05, 3.63) is 118 Å². The largest absolute Gasteiger partial charge is 0.462 e. The van der Waals surface area contributed by atoms with Gasteiger partial charge in [-0.2, -0.15) is 0 Å². The van der Waals surface area contributed by atoms with Crippen LogP contribution in [-0.2, 0) is 32.1 Å². The Morgan fingerprint density at radius 2 is 1.71 bits per heavy atom. The maximum absolute atomic E-state index is 14.0. The molecule has 0 saturated heterocycles. The Hall–Kier alpha value is -4.67. The number of benzene rings is 3. The van der Waals surface area contributed by atoms with Gasteiger partial charge >= 0.3 is 5.97 Å². The van der Waals surface area contributed by atoms with E-state index in [1.165, 1.54) is 36.1 Å². The van der Waals surface area contributed by atoms with Gasteiger partial charge in [0, 0.05) is 35.0 Å². The summed E-state index contributed by atoms with van der Waals surface area (Å²) in [5.74, 6) is -1.10. The summed E-state index contributed by atoms with van der Waals surface area (Å²) in [5, 5.41) is 5.66. The third-order valence-corrected chi connectivity index (χ3v) is 9.52. The summed E-state index contributed by atoms with van der Waals surface area (Å²) in [5.41, 5.74) is 3.48. The summed E-state index contributed by atoms with van der Waals surface area (Å²) in [6.07, 6.45) is 3.73. The van der Waals surface area contributed by atoms with Crippen molar-refractivity contribution < 1.29 is 23.9 Å². The number of fused-ring (bicyclic) bond motifs is 1. The predicted molar refractivity (Wildman–Crippen MR) is 179 cm³/mol. The van der Waals surface area contributed by atoms with E-state index in [4.69, 9.17) is 4.74 Å². The van der Waals surface area contributed by atoms with Crippen LogP contribution in [0.1, 0.15) is 51.0 Å². The quantitative estimate of drug-likeness (QED) is 0.111. The highest BCUT2D eigenvalue weighted by molar-refractivity contribution is 8.00. The summed E-state index contributed by atoms with van der Waals surface area (Å²) >= 11 is 2.65. The van der Waals surface area contributed by atoms with E-state index in [0.29, 0.717) is 35.8 Å². The lowest BCUT2D eigenvalue weighted by Crippen LogP contribution is -2.34. The molecule has 0 saturated carbocycles. The minimum Gasteiger partial charge on any atom is -0.462 e. The van der Waals surface area contributed by atoms with Gasteiger partial charge in [0.25, 0.3) is 0 Å². The summed E-state index contributed by atoms with van der Waals surface area (Å²) in [4.78, 5) is 55.1. The molecule has 3 aromatic carbocycles. The number of ether oxygens (including phenoxy) is 1. The SMILES string of the molecule is CCOC(=O)c1c(NC(=O)C(Sc2cccc(NC(=O)/C=C/c3ccccc3)c2)c2ccccc2)sc2c1CCN(C(C)=O)C2. The van der Waals surface area contributed by atoms with Crippen molar-refractivity contribution in [3.63, 3.8) is 0 Å². The average Bonchev–Trinajstić information content (AvgIpc) is 3.41. The first-order valence-electron chi connectivity index (χ1n) is 14.6. The van der Waals surface area contributed by atoms with Crippen molar-refractivity contribution in [1.82, 2.24) is 4.90 Å². The third kappa shape index (κ3) is 8.09. The van der Waals surface area contributed by atoms with Gasteiger partial charge in [-0.25, -0.2) is 4.79 Å². The standard InChI is InChI=1S/C35H33N3O5S2/c1-3-43-35(42)31-28-19-20-38(23(2)39)22-29(28)45-34(31)37-33(41)32(25-13-8-5-9-14-25)44-27-16-10-15-26(21-27)36-30(40)18-17-24-11-6-4-7-12-24/h4-18,21,32H,3,19-20,22H2,1-2H3,(H,36,40)(H,37,41)/b18-17+. The average molecular weight is 640 g/mol. The Kier molecular flexibility index (Phi) is 10.5. The molecule has 0 radical (unpaired) electrons. The van der Waals surface area contributed by atoms with Crippen LogP contribution in [0.5, 0.6) is 0 Å². The topological polar surface area (TPSA) is 105 Å². The lowest BCUT2D eigenvalue weighted by Gasteiger charge is -2.25. The summed E-state index contributed by atoms with van der Waals surface area (Å²) in [6.45, 7) is 4.35. The van der Waals surface area contributed by atoms with Crippen molar-refractivity contribution in [3.8, 4) is 0 Å². The van der Waals surface area contributed by atoms with Crippen LogP contribution in [0.15, 0.2) is 95.9 Å². The van der Waals surface area contributed by atoms with Crippen molar-refractivity contribution in [2.75, 3.05) is 23.8 Å². The zero-order valence-electron chi connectivity index (χ0n) is 24.9. The molecule has 10 heteroatoms. The Balaban J connectivity index is 1.38. The van der Waals surface area contributed by atoms with E-state index in [9.17, 15) is 19.2 Å². The van der Waals surface area contributed by atoms with E-state index in [1.807, 2.05) is 78.9 Å². The number of rotatable bonds is 10. The van der Waals surface area contributed by atoms with E-state index < -0.39 is 11.2 Å². The number of nitrogens with zero attached hydrogens (tertiary/aromatic N) is 1. The molecule has 0 bridgehead atoms. The Morgan fingerprint density at radius 1 is 0.978 bits per heavy atom. The fourth-order valence-electron chi connectivity index (χ4n) is 4.96. The van der Waals surface area contributed by atoms with E-state index in [-0.39, 0.29) is 24.3 Å².